The van der Waals surface area contributed by atoms with E-state index in [4.69, 9.17) is 0 Å². The molecule has 0 unspecified atom stereocenters. The molecule has 0 radical (unpaired) electrons. The maximum absolute atomic E-state index is 12.7. The number of carbonyl (C=O) groups is 1. The van der Waals surface area contributed by atoms with Crippen LogP contribution in [0.15, 0.2) is 12.4 Å². The Hall–Kier alpha value is -1.36. The van der Waals surface area contributed by atoms with Crippen molar-refractivity contribution in [2.75, 3.05) is 19.6 Å². The Labute approximate surface area is 151 Å². The summed E-state index contributed by atoms with van der Waals surface area (Å²) in [6.07, 6.45) is 9.02. The monoisotopic (exact) mass is 346 g/mol. The predicted molar refractivity (Wildman–Crippen MR) is 100 cm³/mol. The van der Waals surface area contributed by atoms with Gasteiger partial charge >= 0.3 is 0 Å². The normalized spacial score (nSPS) is 30.4. The van der Waals surface area contributed by atoms with Gasteiger partial charge in [0.15, 0.2) is 0 Å². The van der Waals surface area contributed by atoms with Gasteiger partial charge in [0, 0.05) is 38.8 Å². The second kappa shape index (κ2) is 7.48. The molecular weight excluding hydrogens is 312 g/mol. The molecule has 140 valence electrons. The minimum absolute atomic E-state index is 0.0233. The molecule has 1 aliphatic carbocycles. The summed E-state index contributed by atoms with van der Waals surface area (Å²) in [6.45, 7) is 9.52. The molecule has 1 saturated heterocycles. The number of aryl methyl sites for hydroxylation is 1. The summed E-state index contributed by atoms with van der Waals surface area (Å²) >= 11 is 0. The lowest BCUT2D eigenvalue weighted by Crippen LogP contribution is -2.38. The van der Waals surface area contributed by atoms with Crippen LogP contribution in [0.25, 0.3) is 0 Å². The lowest BCUT2D eigenvalue weighted by atomic mass is 9.70. The number of nitrogens with zero attached hydrogens (tertiary/aromatic N) is 2. The molecule has 5 nitrogen and oxygen atoms in total. The fourth-order valence-electron chi connectivity index (χ4n) is 4.54. The van der Waals surface area contributed by atoms with Crippen molar-refractivity contribution in [1.29, 1.82) is 0 Å². The molecule has 1 aliphatic heterocycles. The van der Waals surface area contributed by atoms with Gasteiger partial charge < -0.3 is 10.6 Å². The Morgan fingerprint density at radius 1 is 1.28 bits per heavy atom. The van der Waals surface area contributed by atoms with Crippen LogP contribution in [0.4, 0.5) is 0 Å². The van der Waals surface area contributed by atoms with E-state index in [-0.39, 0.29) is 17.7 Å². The minimum atomic E-state index is 0.0233. The van der Waals surface area contributed by atoms with Gasteiger partial charge in [-0.25, -0.2) is 0 Å². The Balaban J connectivity index is 1.48. The summed E-state index contributed by atoms with van der Waals surface area (Å²) in [7, 11) is 1.93. The Bertz CT molecular complexity index is 581. The molecule has 2 aliphatic rings. The van der Waals surface area contributed by atoms with Gasteiger partial charge in [0.05, 0.1) is 12.1 Å². The number of hydrogen-bond acceptors (Lipinski definition) is 3. The van der Waals surface area contributed by atoms with Crippen molar-refractivity contribution in [1.82, 2.24) is 20.4 Å². The van der Waals surface area contributed by atoms with Crippen molar-refractivity contribution >= 4 is 5.91 Å². The SMILES string of the molecule is Cn1cc([C@H]2CNC[C@@H]2C(=O)NCC2CCC(C(C)(C)C)CC2)cn1. The highest BCUT2D eigenvalue weighted by Gasteiger charge is 2.35. The third kappa shape index (κ3) is 4.43. The lowest BCUT2D eigenvalue weighted by molar-refractivity contribution is -0.125. The predicted octanol–water partition coefficient (Wildman–Crippen LogP) is 2.69. The van der Waals surface area contributed by atoms with E-state index in [9.17, 15) is 4.79 Å². The fourth-order valence-corrected chi connectivity index (χ4v) is 4.54. The topological polar surface area (TPSA) is 59.0 Å². The van der Waals surface area contributed by atoms with Crippen molar-refractivity contribution in [3.8, 4) is 0 Å². The third-order valence-electron chi connectivity index (χ3n) is 6.34. The van der Waals surface area contributed by atoms with Crippen LogP contribution in [0.1, 0.15) is 57.9 Å². The number of nitrogens with one attached hydrogen (secondary N) is 2. The van der Waals surface area contributed by atoms with Gasteiger partial charge in [-0.3, -0.25) is 9.48 Å². The molecule has 1 aromatic heterocycles. The molecule has 1 aromatic rings. The summed E-state index contributed by atoms with van der Waals surface area (Å²) in [5.74, 6) is 1.94. The van der Waals surface area contributed by atoms with Crippen LogP contribution >= 0.6 is 0 Å². The van der Waals surface area contributed by atoms with E-state index in [0.29, 0.717) is 11.3 Å². The van der Waals surface area contributed by atoms with Gasteiger partial charge in [0.25, 0.3) is 0 Å². The molecule has 2 heterocycles. The van der Waals surface area contributed by atoms with Gasteiger partial charge in [0.1, 0.15) is 0 Å². The van der Waals surface area contributed by atoms with Gasteiger partial charge in [-0.15, -0.1) is 0 Å². The zero-order chi connectivity index (χ0) is 18.0. The molecule has 0 bridgehead atoms. The zero-order valence-electron chi connectivity index (χ0n) is 16.2. The van der Waals surface area contributed by atoms with Crippen molar-refractivity contribution < 1.29 is 4.79 Å². The first kappa shape index (κ1) is 18.4. The van der Waals surface area contributed by atoms with Crippen LogP contribution < -0.4 is 10.6 Å². The Kier molecular flexibility index (Phi) is 5.52. The third-order valence-corrected chi connectivity index (χ3v) is 6.34. The molecular formula is C20H34N4O. The van der Waals surface area contributed by atoms with Gasteiger partial charge in [0.2, 0.25) is 5.91 Å². The van der Waals surface area contributed by atoms with E-state index in [1.54, 1.807) is 0 Å². The second-order valence-electron chi connectivity index (χ2n) is 9.15. The molecule has 2 N–H and O–H groups in total. The standard InChI is InChI=1S/C20H34N4O/c1-20(2,3)16-7-5-14(6-8-16)9-22-19(25)18-12-21-11-17(18)15-10-23-24(4)13-15/h10,13-14,16-18,21H,5-9,11-12H2,1-4H3,(H,22,25)/t14?,16?,17-,18+/m1/s1. The van der Waals surface area contributed by atoms with Gasteiger partial charge in [-0.1, -0.05) is 20.8 Å². The van der Waals surface area contributed by atoms with E-state index in [0.717, 1.165) is 25.6 Å². The number of amides is 1. The first-order chi connectivity index (χ1) is 11.8. The van der Waals surface area contributed by atoms with Gasteiger partial charge in [-0.05, 0) is 48.5 Å². The van der Waals surface area contributed by atoms with Gasteiger partial charge in [-0.2, -0.15) is 5.10 Å². The van der Waals surface area contributed by atoms with E-state index in [1.165, 1.54) is 31.2 Å². The minimum Gasteiger partial charge on any atom is -0.356 e. The average molecular weight is 347 g/mol. The lowest BCUT2D eigenvalue weighted by Gasteiger charge is -2.37. The largest absolute Gasteiger partial charge is 0.356 e. The molecule has 0 aromatic carbocycles. The van der Waals surface area contributed by atoms with Crippen LogP contribution in [0.5, 0.6) is 0 Å². The summed E-state index contributed by atoms with van der Waals surface area (Å²) in [5, 5.41) is 10.9. The first-order valence-electron chi connectivity index (χ1n) is 9.81. The molecule has 2 atom stereocenters. The van der Waals surface area contributed by atoms with Crippen molar-refractivity contribution in [2.24, 2.45) is 30.2 Å². The second-order valence-corrected chi connectivity index (χ2v) is 9.15. The van der Waals surface area contributed by atoms with Crippen molar-refractivity contribution in [3.63, 3.8) is 0 Å². The van der Waals surface area contributed by atoms with Crippen LogP contribution in [-0.4, -0.2) is 35.3 Å². The molecule has 0 spiro atoms. The first-order valence-corrected chi connectivity index (χ1v) is 9.81. The molecule has 25 heavy (non-hydrogen) atoms. The maximum Gasteiger partial charge on any atom is 0.225 e. The molecule has 1 amide bonds. The summed E-state index contributed by atoms with van der Waals surface area (Å²) < 4.78 is 1.82. The molecule has 2 fully saturated rings. The number of carbonyl (C=O) groups excluding carboxylic acids is 1. The number of hydrogen-bond donors (Lipinski definition) is 2. The van der Waals surface area contributed by atoms with Crippen molar-refractivity contribution in [3.05, 3.63) is 18.0 Å². The van der Waals surface area contributed by atoms with Crippen LogP contribution in [0.3, 0.4) is 0 Å². The Morgan fingerprint density at radius 2 is 2.00 bits per heavy atom. The van der Waals surface area contributed by atoms with Crippen LogP contribution in [0, 0.1) is 23.2 Å². The number of aromatic nitrogens is 2. The Morgan fingerprint density at radius 3 is 2.60 bits per heavy atom. The fraction of sp³-hybridized carbons (Fsp3) is 0.800. The van der Waals surface area contributed by atoms with Crippen LogP contribution in [0.2, 0.25) is 0 Å². The van der Waals surface area contributed by atoms with E-state index in [2.05, 4.69) is 36.5 Å². The van der Waals surface area contributed by atoms with E-state index < -0.39 is 0 Å². The molecule has 5 heteroatoms. The quantitative estimate of drug-likeness (QED) is 0.881. The highest BCUT2D eigenvalue weighted by molar-refractivity contribution is 5.80. The van der Waals surface area contributed by atoms with Crippen molar-refractivity contribution in [2.45, 2.75) is 52.4 Å². The maximum atomic E-state index is 12.7. The highest BCUT2D eigenvalue weighted by atomic mass is 16.1. The van der Waals surface area contributed by atoms with E-state index >= 15 is 0 Å². The smallest absolute Gasteiger partial charge is 0.225 e. The van der Waals surface area contributed by atoms with E-state index in [1.807, 2.05) is 24.1 Å². The number of rotatable bonds is 4. The molecule has 1 saturated carbocycles. The summed E-state index contributed by atoms with van der Waals surface area (Å²) in [6, 6.07) is 0. The highest BCUT2D eigenvalue weighted by Crippen LogP contribution is 2.39. The summed E-state index contributed by atoms with van der Waals surface area (Å²) in [5.41, 5.74) is 1.58. The summed E-state index contributed by atoms with van der Waals surface area (Å²) in [4.78, 5) is 12.7. The zero-order valence-corrected chi connectivity index (χ0v) is 16.2. The van der Waals surface area contributed by atoms with Crippen LogP contribution in [-0.2, 0) is 11.8 Å². The average Bonchev–Trinajstić information content (AvgIpc) is 3.20. The molecule has 3 rings (SSSR count).